The fraction of sp³-hybridized carbons (Fsp3) is 0.118. The van der Waals surface area contributed by atoms with Gasteiger partial charge in [0.25, 0.3) is 5.89 Å². The smallest absolute Gasteiger partial charge is 0.344 e. The van der Waals surface area contributed by atoms with Gasteiger partial charge in [-0.1, -0.05) is 38.8 Å². The number of benzene rings is 2. The summed E-state index contributed by atoms with van der Waals surface area (Å²) in [6.45, 7) is -0.337. The highest BCUT2D eigenvalue weighted by Crippen LogP contribution is 2.19. The lowest BCUT2D eigenvalue weighted by Gasteiger charge is -2.05. The number of carbonyl (C=O) groups is 1. The van der Waals surface area contributed by atoms with Gasteiger partial charge < -0.3 is 14.0 Å². The van der Waals surface area contributed by atoms with Crippen molar-refractivity contribution < 1.29 is 18.8 Å². The zero-order chi connectivity index (χ0) is 17.6. The van der Waals surface area contributed by atoms with Crippen molar-refractivity contribution in [3.8, 4) is 17.1 Å². The molecule has 0 saturated carbocycles. The molecule has 0 spiro atoms. The molecular formula is C17H12BrClN2O4. The normalized spacial score (nSPS) is 10.5. The van der Waals surface area contributed by atoms with Crippen LogP contribution in [0.4, 0.5) is 0 Å². The van der Waals surface area contributed by atoms with Crippen molar-refractivity contribution in [2.45, 2.75) is 6.61 Å². The lowest BCUT2D eigenvalue weighted by Crippen LogP contribution is -2.14. The van der Waals surface area contributed by atoms with E-state index in [4.69, 9.17) is 25.6 Å². The van der Waals surface area contributed by atoms with E-state index in [1.54, 1.807) is 36.4 Å². The molecule has 2 aromatic carbocycles. The molecule has 0 amide bonds. The third kappa shape index (κ3) is 5.04. The average Bonchev–Trinajstić information content (AvgIpc) is 3.08. The summed E-state index contributed by atoms with van der Waals surface area (Å²) in [7, 11) is 0. The minimum Gasteiger partial charge on any atom is -0.482 e. The van der Waals surface area contributed by atoms with Crippen molar-refractivity contribution in [2.75, 3.05) is 6.61 Å². The molecule has 3 aromatic rings. The zero-order valence-corrected chi connectivity index (χ0v) is 15.2. The fourth-order valence-corrected chi connectivity index (χ4v) is 2.42. The highest BCUT2D eigenvalue weighted by Gasteiger charge is 2.11. The van der Waals surface area contributed by atoms with Crippen LogP contribution in [0.25, 0.3) is 11.4 Å². The molecule has 3 rings (SSSR count). The number of hydrogen-bond donors (Lipinski definition) is 0. The van der Waals surface area contributed by atoms with E-state index in [-0.39, 0.29) is 19.1 Å². The van der Waals surface area contributed by atoms with E-state index in [0.29, 0.717) is 16.6 Å². The maximum Gasteiger partial charge on any atom is 0.344 e. The summed E-state index contributed by atoms with van der Waals surface area (Å²) >= 11 is 9.16. The summed E-state index contributed by atoms with van der Waals surface area (Å²) in [5.41, 5.74) is 0.753. The molecule has 0 atom stereocenters. The SMILES string of the molecule is O=C(COc1cccc(Br)c1)OCc1nc(-c2ccc(Cl)cc2)no1. The molecule has 6 nitrogen and oxygen atoms in total. The van der Waals surface area contributed by atoms with Crippen molar-refractivity contribution in [3.63, 3.8) is 0 Å². The second-order valence-electron chi connectivity index (χ2n) is 4.93. The van der Waals surface area contributed by atoms with Gasteiger partial charge >= 0.3 is 5.97 Å². The number of halogens is 2. The van der Waals surface area contributed by atoms with Crippen LogP contribution in [0, 0.1) is 0 Å². The third-order valence-corrected chi connectivity index (χ3v) is 3.83. The third-order valence-electron chi connectivity index (χ3n) is 3.08. The topological polar surface area (TPSA) is 74.5 Å². The van der Waals surface area contributed by atoms with E-state index in [0.717, 1.165) is 10.0 Å². The molecule has 0 saturated heterocycles. The van der Waals surface area contributed by atoms with Crippen LogP contribution in [-0.2, 0) is 16.1 Å². The van der Waals surface area contributed by atoms with E-state index < -0.39 is 5.97 Å². The predicted octanol–water partition coefficient (Wildman–Crippen LogP) is 4.27. The van der Waals surface area contributed by atoms with Crippen LogP contribution >= 0.6 is 27.5 Å². The van der Waals surface area contributed by atoms with Crippen molar-refractivity contribution in [1.29, 1.82) is 0 Å². The first kappa shape index (κ1) is 17.4. The van der Waals surface area contributed by atoms with Crippen molar-refractivity contribution >= 4 is 33.5 Å². The molecule has 1 heterocycles. The summed E-state index contributed by atoms with van der Waals surface area (Å²) in [5, 5.41) is 4.46. The van der Waals surface area contributed by atoms with Gasteiger partial charge in [0.1, 0.15) is 5.75 Å². The number of hydrogen-bond acceptors (Lipinski definition) is 6. The van der Waals surface area contributed by atoms with E-state index in [2.05, 4.69) is 26.1 Å². The number of ether oxygens (including phenoxy) is 2. The van der Waals surface area contributed by atoms with Crippen LogP contribution in [0.15, 0.2) is 57.5 Å². The summed E-state index contributed by atoms with van der Waals surface area (Å²) in [6.07, 6.45) is 0. The Morgan fingerprint density at radius 1 is 1.20 bits per heavy atom. The Bertz CT molecular complexity index is 867. The molecule has 0 fully saturated rings. The Kier molecular flexibility index (Phi) is 5.67. The van der Waals surface area contributed by atoms with Gasteiger partial charge in [0.15, 0.2) is 13.2 Å². The fourth-order valence-electron chi connectivity index (χ4n) is 1.91. The molecule has 25 heavy (non-hydrogen) atoms. The minimum atomic E-state index is -0.536. The van der Waals surface area contributed by atoms with Gasteiger partial charge in [-0.3, -0.25) is 0 Å². The first-order chi connectivity index (χ1) is 12.1. The quantitative estimate of drug-likeness (QED) is 0.551. The van der Waals surface area contributed by atoms with Crippen LogP contribution in [0.2, 0.25) is 5.02 Å². The number of carbonyl (C=O) groups excluding carboxylic acids is 1. The molecule has 1 aromatic heterocycles. The summed E-state index contributed by atoms with van der Waals surface area (Å²) in [4.78, 5) is 15.9. The van der Waals surface area contributed by atoms with Gasteiger partial charge in [-0.05, 0) is 42.5 Å². The van der Waals surface area contributed by atoms with Gasteiger partial charge in [-0.25, -0.2) is 4.79 Å². The highest BCUT2D eigenvalue weighted by atomic mass is 79.9. The number of esters is 1. The first-order valence-corrected chi connectivity index (χ1v) is 8.40. The molecular weight excluding hydrogens is 412 g/mol. The molecule has 0 aliphatic heterocycles. The zero-order valence-electron chi connectivity index (χ0n) is 12.8. The average molecular weight is 424 g/mol. The van der Waals surface area contributed by atoms with Crippen molar-refractivity contribution in [2.24, 2.45) is 0 Å². The standard InChI is InChI=1S/C17H12BrClN2O4/c18-12-2-1-3-14(8-12)23-10-16(22)24-9-15-20-17(21-25-15)11-4-6-13(19)7-5-11/h1-8H,9-10H2. The predicted molar refractivity (Wildman–Crippen MR) is 94.2 cm³/mol. The molecule has 8 heteroatoms. The second-order valence-corrected chi connectivity index (χ2v) is 6.28. The van der Waals surface area contributed by atoms with Gasteiger partial charge in [-0.15, -0.1) is 0 Å². The molecule has 0 radical (unpaired) electrons. The Labute approximate surface area is 156 Å². The lowest BCUT2D eigenvalue weighted by molar-refractivity contribution is -0.148. The minimum absolute atomic E-state index is 0.124. The Hall–Kier alpha value is -2.38. The van der Waals surface area contributed by atoms with Gasteiger partial charge in [0, 0.05) is 15.1 Å². The Morgan fingerprint density at radius 3 is 2.76 bits per heavy atom. The number of rotatable bonds is 6. The summed E-state index contributed by atoms with van der Waals surface area (Å²) in [5.74, 6) is 0.620. The number of nitrogens with zero attached hydrogens (tertiary/aromatic N) is 2. The maximum absolute atomic E-state index is 11.7. The van der Waals surface area contributed by atoms with Crippen LogP contribution in [0.3, 0.4) is 0 Å². The van der Waals surface area contributed by atoms with Crippen molar-refractivity contribution in [3.05, 3.63) is 63.9 Å². The van der Waals surface area contributed by atoms with Crippen LogP contribution < -0.4 is 4.74 Å². The monoisotopic (exact) mass is 422 g/mol. The molecule has 0 bridgehead atoms. The number of aromatic nitrogens is 2. The van der Waals surface area contributed by atoms with E-state index in [1.165, 1.54) is 0 Å². The molecule has 0 unspecified atom stereocenters. The van der Waals surface area contributed by atoms with Crippen molar-refractivity contribution in [1.82, 2.24) is 10.1 Å². The maximum atomic E-state index is 11.7. The summed E-state index contributed by atoms with van der Waals surface area (Å²) < 4.78 is 16.3. The Balaban J connectivity index is 1.50. The Morgan fingerprint density at radius 2 is 2.00 bits per heavy atom. The summed E-state index contributed by atoms with van der Waals surface area (Å²) in [6, 6.07) is 14.2. The lowest BCUT2D eigenvalue weighted by atomic mass is 10.2. The molecule has 128 valence electrons. The molecule has 0 N–H and O–H groups in total. The van der Waals surface area contributed by atoms with E-state index in [1.807, 2.05) is 12.1 Å². The second kappa shape index (κ2) is 8.13. The van der Waals surface area contributed by atoms with E-state index in [9.17, 15) is 4.79 Å². The largest absolute Gasteiger partial charge is 0.482 e. The highest BCUT2D eigenvalue weighted by molar-refractivity contribution is 9.10. The van der Waals surface area contributed by atoms with E-state index >= 15 is 0 Å². The molecule has 0 aliphatic rings. The van der Waals surface area contributed by atoms with Gasteiger partial charge in [0.2, 0.25) is 5.82 Å². The van der Waals surface area contributed by atoms with Crippen LogP contribution in [-0.4, -0.2) is 22.7 Å². The molecule has 0 aliphatic carbocycles. The van der Waals surface area contributed by atoms with Crippen LogP contribution in [0.1, 0.15) is 5.89 Å². The van der Waals surface area contributed by atoms with Gasteiger partial charge in [0.05, 0.1) is 0 Å². The van der Waals surface area contributed by atoms with Gasteiger partial charge in [-0.2, -0.15) is 4.98 Å². The van der Waals surface area contributed by atoms with Crippen LogP contribution in [0.5, 0.6) is 5.75 Å². The first-order valence-electron chi connectivity index (χ1n) is 7.23.